The fourth-order valence-electron chi connectivity index (χ4n) is 1.22. The van der Waals surface area contributed by atoms with Crippen LogP contribution in [0, 0.1) is 11.8 Å². The van der Waals surface area contributed by atoms with Gasteiger partial charge in [0.05, 0.1) is 13.0 Å². The number of esters is 1. The van der Waals surface area contributed by atoms with E-state index >= 15 is 0 Å². The highest BCUT2D eigenvalue weighted by Gasteiger charge is 2.11. The molecule has 1 atom stereocenters. The second-order valence-electron chi connectivity index (χ2n) is 4.45. The van der Waals surface area contributed by atoms with Gasteiger partial charge in [0.25, 0.3) is 0 Å². The van der Waals surface area contributed by atoms with Gasteiger partial charge in [-0.05, 0) is 18.9 Å². The van der Waals surface area contributed by atoms with Gasteiger partial charge in [-0.2, -0.15) is 0 Å². The largest absolute Gasteiger partial charge is 0.469 e. The van der Waals surface area contributed by atoms with Crippen molar-refractivity contribution >= 4 is 5.97 Å². The van der Waals surface area contributed by atoms with Gasteiger partial charge in [-0.25, -0.2) is 0 Å². The van der Waals surface area contributed by atoms with Crippen molar-refractivity contribution in [1.29, 1.82) is 0 Å². The third-order valence-electron chi connectivity index (χ3n) is 2.15. The molecule has 0 saturated carbocycles. The van der Waals surface area contributed by atoms with E-state index in [1.165, 1.54) is 7.11 Å². The Morgan fingerprint density at radius 2 is 2.00 bits per heavy atom. The zero-order valence-corrected chi connectivity index (χ0v) is 10.9. The molecule has 0 saturated heterocycles. The van der Waals surface area contributed by atoms with Gasteiger partial charge < -0.3 is 14.8 Å². The first-order chi connectivity index (χ1) is 7.57. The third kappa shape index (κ3) is 8.68. The van der Waals surface area contributed by atoms with Crippen molar-refractivity contribution < 1.29 is 14.3 Å². The van der Waals surface area contributed by atoms with Crippen molar-refractivity contribution in [2.24, 2.45) is 11.8 Å². The van der Waals surface area contributed by atoms with Crippen molar-refractivity contribution in [3.05, 3.63) is 0 Å². The Hall–Kier alpha value is -0.610. The van der Waals surface area contributed by atoms with E-state index in [0.29, 0.717) is 12.5 Å². The highest BCUT2D eigenvalue weighted by molar-refractivity contribution is 5.71. The van der Waals surface area contributed by atoms with E-state index in [4.69, 9.17) is 4.74 Å². The van der Waals surface area contributed by atoms with Gasteiger partial charge in [0.2, 0.25) is 0 Å². The van der Waals surface area contributed by atoms with E-state index in [9.17, 15) is 4.79 Å². The lowest BCUT2D eigenvalue weighted by molar-refractivity contribution is -0.144. The number of nitrogens with one attached hydrogen (secondary N) is 1. The fraction of sp³-hybridized carbons (Fsp3) is 0.917. The topological polar surface area (TPSA) is 47.6 Å². The highest BCUT2D eigenvalue weighted by Crippen LogP contribution is 1.96. The average molecular weight is 231 g/mol. The van der Waals surface area contributed by atoms with Gasteiger partial charge in [0.1, 0.15) is 0 Å². The minimum absolute atomic E-state index is 0.0819. The van der Waals surface area contributed by atoms with E-state index in [1.54, 1.807) is 0 Å². The zero-order chi connectivity index (χ0) is 12.4. The Morgan fingerprint density at radius 3 is 2.56 bits per heavy atom. The minimum Gasteiger partial charge on any atom is -0.469 e. The lowest BCUT2D eigenvalue weighted by Gasteiger charge is -2.10. The molecule has 0 aliphatic carbocycles. The Labute approximate surface area is 98.7 Å². The molecule has 4 heteroatoms. The molecule has 16 heavy (non-hydrogen) atoms. The smallest absolute Gasteiger partial charge is 0.309 e. The summed E-state index contributed by atoms with van der Waals surface area (Å²) in [6, 6.07) is 0. The van der Waals surface area contributed by atoms with E-state index in [-0.39, 0.29) is 11.9 Å². The predicted molar refractivity (Wildman–Crippen MR) is 64.3 cm³/mol. The van der Waals surface area contributed by atoms with Crippen molar-refractivity contribution in [2.75, 3.05) is 33.4 Å². The standard InChI is InChI=1S/C12H25NO3/c1-10(2)9-16-7-5-6-13-8-11(3)12(14)15-4/h10-11,13H,5-9H2,1-4H3. The Kier molecular flexibility index (Phi) is 9.24. The summed E-state index contributed by atoms with van der Waals surface area (Å²) >= 11 is 0. The average Bonchev–Trinajstić information content (AvgIpc) is 2.25. The number of hydrogen-bond donors (Lipinski definition) is 1. The molecule has 0 aromatic heterocycles. The predicted octanol–water partition coefficient (Wildman–Crippen LogP) is 1.45. The van der Waals surface area contributed by atoms with E-state index < -0.39 is 0 Å². The Balaban J connectivity index is 3.24. The number of hydrogen-bond acceptors (Lipinski definition) is 4. The number of rotatable bonds is 9. The monoisotopic (exact) mass is 231 g/mol. The van der Waals surface area contributed by atoms with E-state index in [1.807, 2.05) is 6.92 Å². The van der Waals surface area contributed by atoms with Crippen LogP contribution in [0.15, 0.2) is 0 Å². The molecule has 0 spiro atoms. The highest BCUT2D eigenvalue weighted by atomic mass is 16.5. The fourth-order valence-corrected chi connectivity index (χ4v) is 1.22. The van der Waals surface area contributed by atoms with Gasteiger partial charge in [0.15, 0.2) is 0 Å². The molecule has 96 valence electrons. The molecule has 0 aromatic carbocycles. The van der Waals surface area contributed by atoms with Crippen molar-refractivity contribution in [1.82, 2.24) is 5.32 Å². The van der Waals surface area contributed by atoms with Crippen LogP contribution in [-0.4, -0.2) is 39.4 Å². The molecule has 0 aromatic rings. The summed E-state index contributed by atoms with van der Waals surface area (Å²) in [5.41, 5.74) is 0. The molecule has 0 rings (SSSR count). The van der Waals surface area contributed by atoms with Gasteiger partial charge >= 0.3 is 5.97 Å². The van der Waals surface area contributed by atoms with Crippen LogP contribution in [-0.2, 0) is 14.3 Å². The van der Waals surface area contributed by atoms with Crippen molar-refractivity contribution in [2.45, 2.75) is 27.2 Å². The molecule has 0 fully saturated rings. The summed E-state index contributed by atoms with van der Waals surface area (Å²) in [6.07, 6.45) is 0.973. The SMILES string of the molecule is COC(=O)C(C)CNCCCOCC(C)C. The summed E-state index contributed by atoms with van der Waals surface area (Å²) < 4.78 is 10.1. The van der Waals surface area contributed by atoms with Crippen LogP contribution in [0.1, 0.15) is 27.2 Å². The Morgan fingerprint density at radius 1 is 1.31 bits per heavy atom. The minimum atomic E-state index is -0.163. The molecule has 1 N–H and O–H groups in total. The first kappa shape index (κ1) is 15.4. The molecule has 0 heterocycles. The lowest BCUT2D eigenvalue weighted by atomic mass is 10.2. The summed E-state index contributed by atoms with van der Waals surface area (Å²) in [5.74, 6) is 0.345. The molecular formula is C12H25NO3. The van der Waals surface area contributed by atoms with Crippen LogP contribution in [0.2, 0.25) is 0 Å². The maximum absolute atomic E-state index is 11.1. The van der Waals surface area contributed by atoms with Crippen LogP contribution < -0.4 is 5.32 Å². The maximum atomic E-state index is 11.1. The normalized spacial score (nSPS) is 12.8. The van der Waals surface area contributed by atoms with Crippen LogP contribution in [0.25, 0.3) is 0 Å². The second kappa shape index (κ2) is 9.60. The number of ether oxygens (including phenoxy) is 2. The van der Waals surface area contributed by atoms with Crippen LogP contribution in [0.4, 0.5) is 0 Å². The van der Waals surface area contributed by atoms with Crippen molar-refractivity contribution in [3.63, 3.8) is 0 Å². The molecule has 0 aliphatic rings. The Bertz CT molecular complexity index is 183. The zero-order valence-electron chi connectivity index (χ0n) is 10.9. The lowest BCUT2D eigenvalue weighted by Crippen LogP contribution is -2.28. The molecule has 1 unspecified atom stereocenters. The summed E-state index contributed by atoms with van der Waals surface area (Å²) in [6.45, 7) is 9.26. The van der Waals surface area contributed by atoms with Gasteiger partial charge in [-0.15, -0.1) is 0 Å². The van der Waals surface area contributed by atoms with Gasteiger partial charge in [0, 0.05) is 19.8 Å². The molecular weight excluding hydrogens is 206 g/mol. The second-order valence-corrected chi connectivity index (χ2v) is 4.45. The third-order valence-corrected chi connectivity index (χ3v) is 2.15. The van der Waals surface area contributed by atoms with Crippen LogP contribution in [0.3, 0.4) is 0 Å². The quantitative estimate of drug-likeness (QED) is 0.482. The number of carbonyl (C=O) groups excluding carboxylic acids is 1. The van der Waals surface area contributed by atoms with E-state index in [2.05, 4.69) is 23.9 Å². The molecule has 0 amide bonds. The van der Waals surface area contributed by atoms with Gasteiger partial charge in [-0.1, -0.05) is 20.8 Å². The molecule has 4 nitrogen and oxygen atoms in total. The first-order valence-electron chi connectivity index (χ1n) is 5.94. The first-order valence-corrected chi connectivity index (χ1v) is 5.94. The maximum Gasteiger partial charge on any atom is 0.309 e. The molecule has 0 aliphatic heterocycles. The summed E-state index contributed by atoms with van der Waals surface area (Å²) in [5, 5.41) is 3.21. The van der Waals surface area contributed by atoms with Gasteiger partial charge in [-0.3, -0.25) is 4.79 Å². The van der Waals surface area contributed by atoms with Crippen molar-refractivity contribution in [3.8, 4) is 0 Å². The van der Waals surface area contributed by atoms with Crippen LogP contribution in [0.5, 0.6) is 0 Å². The van der Waals surface area contributed by atoms with E-state index in [0.717, 1.165) is 26.2 Å². The number of methoxy groups -OCH3 is 1. The number of carbonyl (C=O) groups is 1. The summed E-state index contributed by atoms with van der Waals surface area (Å²) in [4.78, 5) is 11.1. The van der Waals surface area contributed by atoms with Crippen LogP contribution >= 0.6 is 0 Å². The summed E-state index contributed by atoms with van der Waals surface area (Å²) in [7, 11) is 1.42. The molecule has 0 bridgehead atoms. The molecule has 0 radical (unpaired) electrons.